The van der Waals surface area contributed by atoms with E-state index in [2.05, 4.69) is 51.7 Å². The van der Waals surface area contributed by atoms with Gasteiger partial charge in [0.05, 0.1) is 0 Å². The first kappa shape index (κ1) is 14.2. The molecule has 0 unspecified atom stereocenters. The lowest BCUT2D eigenvalue weighted by Gasteiger charge is -2.11. The standard InChI is InChI=1S/C14H25N/c1-6-9-14(12(4)5)13(7-2)10-11-15-8-3/h6,9,15H,4,7-8,10-11H2,1-3,5H3/b9-6-,14-13+. The zero-order chi connectivity index (χ0) is 11.7. The van der Waals surface area contributed by atoms with Gasteiger partial charge in [0.2, 0.25) is 0 Å². The lowest BCUT2D eigenvalue weighted by Crippen LogP contribution is -2.14. The van der Waals surface area contributed by atoms with Crippen LogP contribution in [0.5, 0.6) is 0 Å². The summed E-state index contributed by atoms with van der Waals surface area (Å²) in [5.41, 5.74) is 4.00. The van der Waals surface area contributed by atoms with E-state index in [1.165, 1.54) is 16.7 Å². The zero-order valence-corrected chi connectivity index (χ0v) is 10.7. The van der Waals surface area contributed by atoms with E-state index >= 15 is 0 Å². The molecule has 0 amide bonds. The topological polar surface area (TPSA) is 12.0 Å². The Morgan fingerprint density at radius 2 is 2.00 bits per heavy atom. The highest BCUT2D eigenvalue weighted by molar-refractivity contribution is 5.40. The van der Waals surface area contributed by atoms with Crippen molar-refractivity contribution < 1.29 is 0 Å². The van der Waals surface area contributed by atoms with Crippen molar-refractivity contribution in [2.24, 2.45) is 0 Å². The Kier molecular flexibility index (Phi) is 8.02. The molecule has 0 aliphatic carbocycles. The van der Waals surface area contributed by atoms with E-state index in [1.54, 1.807) is 0 Å². The number of hydrogen-bond donors (Lipinski definition) is 1. The van der Waals surface area contributed by atoms with Crippen molar-refractivity contribution in [1.82, 2.24) is 5.32 Å². The molecule has 0 aromatic carbocycles. The number of allylic oxidation sites excluding steroid dienone is 4. The largest absolute Gasteiger partial charge is 0.317 e. The fraction of sp³-hybridized carbons (Fsp3) is 0.571. The van der Waals surface area contributed by atoms with Crippen LogP contribution < -0.4 is 5.32 Å². The molecule has 0 bridgehead atoms. The van der Waals surface area contributed by atoms with Crippen molar-refractivity contribution >= 4 is 0 Å². The zero-order valence-electron chi connectivity index (χ0n) is 10.7. The van der Waals surface area contributed by atoms with Crippen LogP contribution in [-0.4, -0.2) is 13.1 Å². The molecule has 0 rings (SSSR count). The predicted molar refractivity (Wildman–Crippen MR) is 70.1 cm³/mol. The molecule has 0 saturated carbocycles. The maximum atomic E-state index is 4.04. The van der Waals surface area contributed by atoms with Crippen molar-refractivity contribution in [2.45, 2.75) is 40.5 Å². The molecule has 0 atom stereocenters. The van der Waals surface area contributed by atoms with Crippen molar-refractivity contribution in [3.05, 3.63) is 35.5 Å². The van der Waals surface area contributed by atoms with Crippen LogP contribution in [0.1, 0.15) is 40.5 Å². The second kappa shape index (κ2) is 8.49. The van der Waals surface area contributed by atoms with E-state index in [9.17, 15) is 0 Å². The quantitative estimate of drug-likeness (QED) is 0.494. The van der Waals surface area contributed by atoms with Gasteiger partial charge in [0.25, 0.3) is 0 Å². The third-order valence-electron chi connectivity index (χ3n) is 2.45. The second-order valence-corrected chi connectivity index (χ2v) is 3.75. The smallest absolute Gasteiger partial charge is 0.00114 e. The van der Waals surface area contributed by atoms with Gasteiger partial charge in [-0.1, -0.05) is 43.7 Å². The summed E-state index contributed by atoms with van der Waals surface area (Å²) in [4.78, 5) is 0. The van der Waals surface area contributed by atoms with Gasteiger partial charge in [-0.3, -0.25) is 0 Å². The van der Waals surface area contributed by atoms with Crippen LogP contribution in [0.2, 0.25) is 0 Å². The average Bonchev–Trinajstić information content (AvgIpc) is 2.22. The van der Waals surface area contributed by atoms with Crippen LogP contribution in [0, 0.1) is 0 Å². The van der Waals surface area contributed by atoms with E-state index in [1.807, 2.05) is 0 Å². The first-order chi connectivity index (χ1) is 7.17. The van der Waals surface area contributed by atoms with E-state index in [-0.39, 0.29) is 0 Å². The van der Waals surface area contributed by atoms with Gasteiger partial charge in [0.1, 0.15) is 0 Å². The van der Waals surface area contributed by atoms with Crippen molar-refractivity contribution in [1.29, 1.82) is 0 Å². The Labute approximate surface area is 95.0 Å². The van der Waals surface area contributed by atoms with Gasteiger partial charge in [0, 0.05) is 0 Å². The van der Waals surface area contributed by atoms with E-state index in [0.29, 0.717) is 0 Å². The Bertz CT molecular complexity index is 246. The minimum atomic E-state index is 1.04. The molecule has 0 saturated heterocycles. The molecular weight excluding hydrogens is 182 g/mol. The second-order valence-electron chi connectivity index (χ2n) is 3.75. The highest BCUT2D eigenvalue weighted by Crippen LogP contribution is 2.19. The summed E-state index contributed by atoms with van der Waals surface area (Å²) < 4.78 is 0. The number of hydrogen-bond acceptors (Lipinski definition) is 1. The average molecular weight is 207 g/mol. The van der Waals surface area contributed by atoms with Crippen LogP contribution in [0.15, 0.2) is 35.5 Å². The Morgan fingerprint density at radius 1 is 1.33 bits per heavy atom. The summed E-state index contributed by atoms with van der Waals surface area (Å²) in [6.45, 7) is 14.6. The third-order valence-corrected chi connectivity index (χ3v) is 2.45. The minimum Gasteiger partial charge on any atom is -0.317 e. The highest BCUT2D eigenvalue weighted by Gasteiger charge is 2.02. The molecule has 0 aromatic rings. The molecule has 0 radical (unpaired) electrons. The van der Waals surface area contributed by atoms with E-state index < -0.39 is 0 Å². The molecule has 86 valence electrons. The van der Waals surface area contributed by atoms with E-state index in [4.69, 9.17) is 0 Å². The van der Waals surface area contributed by atoms with Gasteiger partial charge < -0.3 is 5.32 Å². The minimum absolute atomic E-state index is 1.04. The monoisotopic (exact) mass is 207 g/mol. The summed E-state index contributed by atoms with van der Waals surface area (Å²) in [7, 11) is 0. The molecule has 1 heteroatoms. The predicted octanol–water partition coefficient (Wildman–Crippen LogP) is 3.84. The Morgan fingerprint density at radius 3 is 2.40 bits per heavy atom. The summed E-state index contributed by atoms with van der Waals surface area (Å²) in [5, 5.41) is 3.36. The van der Waals surface area contributed by atoms with Gasteiger partial charge >= 0.3 is 0 Å². The van der Waals surface area contributed by atoms with Gasteiger partial charge in [-0.15, -0.1) is 0 Å². The first-order valence-corrected chi connectivity index (χ1v) is 5.88. The van der Waals surface area contributed by atoms with Gasteiger partial charge in [0.15, 0.2) is 0 Å². The summed E-state index contributed by atoms with van der Waals surface area (Å²) in [6, 6.07) is 0. The molecule has 0 aromatic heterocycles. The molecule has 0 heterocycles. The van der Waals surface area contributed by atoms with Gasteiger partial charge in [-0.05, 0) is 45.4 Å². The molecule has 1 N–H and O–H groups in total. The van der Waals surface area contributed by atoms with Crippen LogP contribution in [0.25, 0.3) is 0 Å². The fourth-order valence-corrected chi connectivity index (χ4v) is 1.65. The van der Waals surface area contributed by atoms with Crippen LogP contribution in [0.4, 0.5) is 0 Å². The summed E-state index contributed by atoms with van der Waals surface area (Å²) >= 11 is 0. The summed E-state index contributed by atoms with van der Waals surface area (Å²) in [6.07, 6.45) is 6.49. The molecule has 0 spiro atoms. The lowest BCUT2D eigenvalue weighted by molar-refractivity contribution is 0.701. The Hall–Kier alpha value is -0.820. The van der Waals surface area contributed by atoms with Crippen LogP contribution in [-0.2, 0) is 0 Å². The molecule has 1 nitrogen and oxygen atoms in total. The van der Waals surface area contributed by atoms with Gasteiger partial charge in [-0.2, -0.15) is 0 Å². The number of rotatable bonds is 7. The van der Waals surface area contributed by atoms with E-state index in [0.717, 1.165) is 25.9 Å². The molecule has 0 aliphatic rings. The van der Waals surface area contributed by atoms with Crippen LogP contribution in [0.3, 0.4) is 0 Å². The lowest BCUT2D eigenvalue weighted by atomic mass is 9.97. The maximum absolute atomic E-state index is 4.04. The molecule has 0 aliphatic heterocycles. The van der Waals surface area contributed by atoms with Crippen molar-refractivity contribution in [2.75, 3.05) is 13.1 Å². The number of nitrogens with one attached hydrogen (secondary N) is 1. The van der Waals surface area contributed by atoms with Crippen molar-refractivity contribution in [3.8, 4) is 0 Å². The SMILES string of the molecule is C=C(C)C(/C=C\C)=C(\CC)CCNCC. The highest BCUT2D eigenvalue weighted by atomic mass is 14.8. The molecular formula is C14H25N. The normalized spacial score (nSPS) is 13.1. The Balaban J connectivity index is 4.64. The first-order valence-electron chi connectivity index (χ1n) is 5.88. The molecule has 15 heavy (non-hydrogen) atoms. The van der Waals surface area contributed by atoms with Gasteiger partial charge in [-0.25, -0.2) is 0 Å². The fourth-order valence-electron chi connectivity index (χ4n) is 1.65. The third kappa shape index (κ3) is 5.58. The summed E-state index contributed by atoms with van der Waals surface area (Å²) in [5.74, 6) is 0. The molecule has 0 fully saturated rings. The maximum Gasteiger partial charge on any atom is -0.00114 e. The van der Waals surface area contributed by atoms with Crippen LogP contribution >= 0.6 is 0 Å². The van der Waals surface area contributed by atoms with Crippen molar-refractivity contribution in [3.63, 3.8) is 0 Å².